The molecule has 0 atom stereocenters. The highest BCUT2D eigenvalue weighted by atomic mass is 16.2. The number of rotatable bonds is 4. The van der Waals surface area contributed by atoms with Gasteiger partial charge in [-0.15, -0.1) is 0 Å². The first-order chi connectivity index (χ1) is 16.0. The molecule has 0 unspecified atom stereocenters. The van der Waals surface area contributed by atoms with Gasteiger partial charge < -0.3 is 9.80 Å². The lowest BCUT2D eigenvalue weighted by molar-refractivity contribution is -0.121. The number of hydrogen-bond donors (Lipinski definition) is 0. The number of fused-ring (bicyclic) bond motifs is 1. The number of anilines is 1. The predicted molar refractivity (Wildman–Crippen MR) is 131 cm³/mol. The molecule has 0 bridgehead atoms. The molecule has 6 nitrogen and oxygen atoms in total. The number of para-hydroxylation sites is 1. The Morgan fingerprint density at radius 3 is 2.42 bits per heavy atom. The van der Waals surface area contributed by atoms with Crippen molar-refractivity contribution in [3.63, 3.8) is 0 Å². The van der Waals surface area contributed by atoms with Crippen molar-refractivity contribution in [3.05, 3.63) is 47.3 Å². The minimum Gasteiger partial charge on any atom is -0.334 e. The van der Waals surface area contributed by atoms with E-state index in [-0.39, 0.29) is 17.7 Å². The van der Waals surface area contributed by atoms with Crippen molar-refractivity contribution in [1.82, 2.24) is 14.7 Å². The average Bonchev–Trinajstić information content (AvgIpc) is 3.57. The molecule has 4 rings (SSSR count). The highest BCUT2D eigenvalue weighted by Crippen LogP contribution is 2.41. The first kappa shape index (κ1) is 23.5. The maximum Gasteiger partial charge on any atom is 0.257 e. The molecule has 1 saturated carbocycles. The van der Waals surface area contributed by atoms with Crippen LogP contribution >= 0.6 is 0 Å². The molecule has 2 heterocycles. The Balaban J connectivity index is 1.68. The van der Waals surface area contributed by atoms with Gasteiger partial charge in [0.25, 0.3) is 5.91 Å². The van der Waals surface area contributed by atoms with E-state index in [0.29, 0.717) is 12.5 Å². The number of hydrogen-bond acceptors (Lipinski definition) is 3. The highest BCUT2D eigenvalue weighted by Gasteiger charge is 2.33. The molecule has 1 aliphatic carbocycles. The lowest BCUT2D eigenvalue weighted by Gasteiger charge is -2.30. The summed E-state index contributed by atoms with van der Waals surface area (Å²) >= 11 is 0. The fraction of sp³-hybridized carbons (Fsp3) is 0.593. The van der Waals surface area contributed by atoms with Crippen molar-refractivity contribution in [2.75, 3.05) is 18.0 Å². The normalized spacial score (nSPS) is 17.9. The van der Waals surface area contributed by atoms with Crippen LogP contribution in [0.3, 0.4) is 0 Å². The third-order valence-corrected chi connectivity index (χ3v) is 6.81. The van der Waals surface area contributed by atoms with Crippen LogP contribution in [0.2, 0.25) is 0 Å². The topological polar surface area (TPSA) is 58.4 Å². The first-order valence-electron chi connectivity index (χ1n) is 12.8. The number of carbonyl (C=O) groups is 2. The molecule has 1 aliphatic heterocycles. The van der Waals surface area contributed by atoms with Gasteiger partial charge in [-0.25, -0.2) is 0 Å². The van der Waals surface area contributed by atoms with E-state index in [4.69, 9.17) is 5.10 Å². The molecule has 1 aromatic heterocycles. The fourth-order valence-corrected chi connectivity index (χ4v) is 4.72. The van der Waals surface area contributed by atoms with Crippen LogP contribution in [0.15, 0.2) is 30.5 Å². The highest BCUT2D eigenvalue weighted by molar-refractivity contribution is 5.97. The number of aromatic nitrogens is 2. The minimum atomic E-state index is -0.0651. The van der Waals surface area contributed by atoms with E-state index in [2.05, 4.69) is 13.0 Å². The fourth-order valence-electron chi connectivity index (χ4n) is 4.72. The van der Waals surface area contributed by atoms with Crippen molar-refractivity contribution < 1.29 is 9.59 Å². The van der Waals surface area contributed by atoms with Crippen LogP contribution in [-0.4, -0.2) is 39.6 Å². The Morgan fingerprint density at radius 1 is 1.03 bits per heavy atom. The van der Waals surface area contributed by atoms with E-state index in [1.54, 1.807) is 0 Å². The molecule has 0 N–H and O–H groups in total. The van der Waals surface area contributed by atoms with Crippen LogP contribution in [0.5, 0.6) is 0 Å². The molecule has 2 aromatic rings. The molecular weight excluding hydrogens is 412 g/mol. The summed E-state index contributed by atoms with van der Waals surface area (Å²) in [5, 5.41) is 4.72. The summed E-state index contributed by atoms with van der Waals surface area (Å²) in [6.45, 7) is 8.72. The number of amides is 2. The van der Waals surface area contributed by atoms with E-state index >= 15 is 0 Å². The molecule has 33 heavy (non-hydrogen) atoms. The number of aryl methyl sites for hydroxylation is 1. The summed E-state index contributed by atoms with van der Waals surface area (Å²) in [7, 11) is 0. The van der Waals surface area contributed by atoms with Gasteiger partial charge in [-0.2, -0.15) is 5.10 Å². The second kappa shape index (κ2) is 10.5. The maximum absolute atomic E-state index is 13.8. The molecule has 6 heteroatoms. The van der Waals surface area contributed by atoms with E-state index in [9.17, 15) is 9.59 Å². The van der Waals surface area contributed by atoms with Crippen LogP contribution in [0.1, 0.15) is 93.3 Å². The third kappa shape index (κ3) is 5.48. The van der Waals surface area contributed by atoms with Crippen molar-refractivity contribution in [3.8, 4) is 0 Å². The second-order valence-electron chi connectivity index (χ2n) is 9.83. The monoisotopic (exact) mass is 450 g/mol. The van der Waals surface area contributed by atoms with Crippen molar-refractivity contribution in [2.45, 2.75) is 84.7 Å². The van der Waals surface area contributed by atoms with E-state index in [1.807, 2.05) is 52.7 Å². The van der Waals surface area contributed by atoms with Gasteiger partial charge in [-0.1, -0.05) is 51.3 Å². The predicted octanol–water partition coefficient (Wildman–Crippen LogP) is 5.38. The lowest BCUT2D eigenvalue weighted by Crippen LogP contribution is -2.37. The van der Waals surface area contributed by atoms with E-state index < -0.39 is 0 Å². The van der Waals surface area contributed by atoms with Crippen LogP contribution < -0.4 is 4.90 Å². The van der Waals surface area contributed by atoms with Crippen molar-refractivity contribution in [2.24, 2.45) is 5.92 Å². The zero-order valence-corrected chi connectivity index (χ0v) is 20.4. The molecule has 2 amide bonds. The molecular formula is C27H38N4O2. The Kier molecular flexibility index (Phi) is 7.51. The summed E-state index contributed by atoms with van der Waals surface area (Å²) in [5.41, 5.74) is 3.72. The number of nitrogens with zero attached hydrogens (tertiary/aromatic N) is 4. The smallest absolute Gasteiger partial charge is 0.257 e. The van der Waals surface area contributed by atoms with Crippen LogP contribution in [0.4, 0.5) is 5.69 Å². The standard InChI is InChI=1S/C27H38N4O2/c1-4-30-19-23(25(28-30)21-14-15-21)27(33)29-16-10-6-5-7-11-17-31(26(32)20(2)3)24-13-9-8-12-22(24)18-29/h8-9,12-13,19-21H,4-7,10-11,14-18H2,1-3H3. The average molecular weight is 451 g/mol. The van der Waals surface area contributed by atoms with E-state index in [0.717, 1.165) is 87.1 Å². The van der Waals surface area contributed by atoms with Gasteiger partial charge in [0.15, 0.2) is 0 Å². The van der Waals surface area contributed by atoms with Gasteiger partial charge in [0.05, 0.1) is 11.3 Å². The Morgan fingerprint density at radius 2 is 1.73 bits per heavy atom. The Labute approximate surface area is 197 Å². The summed E-state index contributed by atoms with van der Waals surface area (Å²) in [4.78, 5) is 30.9. The first-order valence-corrected chi connectivity index (χ1v) is 12.8. The van der Waals surface area contributed by atoms with E-state index in [1.165, 1.54) is 0 Å². The van der Waals surface area contributed by atoms with Crippen LogP contribution in [0.25, 0.3) is 0 Å². The zero-order chi connectivity index (χ0) is 23.4. The molecule has 1 aromatic carbocycles. The summed E-state index contributed by atoms with van der Waals surface area (Å²) in [5.74, 6) is 0.586. The largest absolute Gasteiger partial charge is 0.334 e. The molecule has 1 fully saturated rings. The van der Waals surface area contributed by atoms with Gasteiger partial charge in [0.2, 0.25) is 5.91 Å². The molecule has 0 spiro atoms. The van der Waals surface area contributed by atoms with Crippen LogP contribution in [0, 0.1) is 5.92 Å². The summed E-state index contributed by atoms with van der Waals surface area (Å²) in [6, 6.07) is 8.11. The zero-order valence-electron chi connectivity index (χ0n) is 20.4. The summed E-state index contributed by atoms with van der Waals surface area (Å²) in [6.07, 6.45) is 9.53. The SMILES string of the molecule is CCn1cc(C(=O)N2CCCCCCCN(C(=O)C(C)C)c3ccccc3C2)c(C2CC2)n1. The number of benzene rings is 1. The van der Waals surface area contributed by atoms with Gasteiger partial charge in [0.1, 0.15) is 0 Å². The molecule has 0 saturated heterocycles. The second-order valence-corrected chi connectivity index (χ2v) is 9.83. The van der Waals surface area contributed by atoms with Gasteiger partial charge >= 0.3 is 0 Å². The number of carbonyl (C=O) groups excluding carboxylic acids is 2. The lowest BCUT2D eigenvalue weighted by atomic mass is 10.0. The van der Waals surface area contributed by atoms with Crippen molar-refractivity contribution in [1.29, 1.82) is 0 Å². The molecule has 2 aliphatic rings. The Bertz CT molecular complexity index is 976. The van der Waals surface area contributed by atoms with Crippen molar-refractivity contribution >= 4 is 17.5 Å². The third-order valence-electron chi connectivity index (χ3n) is 6.81. The van der Waals surface area contributed by atoms with Crippen LogP contribution in [-0.2, 0) is 17.9 Å². The summed E-state index contributed by atoms with van der Waals surface area (Å²) < 4.78 is 1.90. The maximum atomic E-state index is 13.8. The molecule has 0 radical (unpaired) electrons. The van der Waals surface area contributed by atoms with Gasteiger partial charge in [-0.3, -0.25) is 14.3 Å². The molecule has 178 valence electrons. The quantitative estimate of drug-likeness (QED) is 0.629. The minimum absolute atomic E-state index is 0.0651. The van der Waals surface area contributed by atoms with Gasteiger partial charge in [0, 0.05) is 49.9 Å². The Hall–Kier alpha value is -2.63. The van der Waals surface area contributed by atoms with Gasteiger partial charge in [-0.05, 0) is 44.2 Å².